The topological polar surface area (TPSA) is 25.2 Å². The summed E-state index contributed by atoms with van der Waals surface area (Å²) in [5.74, 6) is 0. The van der Waals surface area contributed by atoms with Crippen molar-refractivity contribution in [1.82, 2.24) is 4.57 Å². The molecule has 1 atom stereocenters. The summed E-state index contributed by atoms with van der Waals surface area (Å²) in [6.45, 7) is 6.44. The fraction of sp³-hybridized carbons (Fsp3) is 0.412. The van der Waals surface area contributed by atoms with E-state index in [0.29, 0.717) is 0 Å². The zero-order chi connectivity index (χ0) is 14.5. The van der Waals surface area contributed by atoms with E-state index in [0.717, 1.165) is 34.7 Å². The third-order valence-electron chi connectivity index (χ3n) is 4.14. The molecular formula is C17H20ClNO. The minimum Gasteiger partial charge on any atom is -0.388 e. The van der Waals surface area contributed by atoms with Crippen LogP contribution in [0.4, 0.5) is 0 Å². The average molecular weight is 290 g/mol. The van der Waals surface area contributed by atoms with Crippen LogP contribution in [0.1, 0.15) is 43.2 Å². The van der Waals surface area contributed by atoms with Crippen molar-refractivity contribution in [3.8, 4) is 5.69 Å². The number of aryl methyl sites for hydroxylation is 1. The molecule has 1 N–H and O–H groups in total. The fourth-order valence-corrected chi connectivity index (χ4v) is 3.49. The van der Waals surface area contributed by atoms with Gasteiger partial charge in [-0.15, -0.1) is 0 Å². The molecule has 106 valence electrons. The van der Waals surface area contributed by atoms with Crippen LogP contribution in [-0.4, -0.2) is 9.67 Å². The Morgan fingerprint density at radius 2 is 2.05 bits per heavy atom. The lowest BCUT2D eigenvalue weighted by atomic mass is 9.75. The Hall–Kier alpha value is -1.25. The van der Waals surface area contributed by atoms with Gasteiger partial charge in [-0.05, 0) is 48.9 Å². The molecule has 0 spiro atoms. The SMILES string of the molecule is Cc1ccc(-n2ccc3c2CC(C)(C)CC3O)c(Cl)c1. The second kappa shape index (κ2) is 4.64. The van der Waals surface area contributed by atoms with Gasteiger partial charge in [-0.25, -0.2) is 0 Å². The zero-order valence-electron chi connectivity index (χ0n) is 12.2. The molecule has 0 radical (unpaired) electrons. The number of halogens is 1. The molecule has 1 aromatic heterocycles. The number of benzene rings is 1. The van der Waals surface area contributed by atoms with Gasteiger partial charge in [0.25, 0.3) is 0 Å². The predicted octanol–water partition coefficient (Wildman–Crippen LogP) is 4.44. The van der Waals surface area contributed by atoms with Crippen LogP contribution in [0.5, 0.6) is 0 Å². The van der Waals surface area contributed by atoms with Crippen LogP contribution in [0.2, 0.25) is 5.02 Å². The van der Waals surface area contributed by atoms with Crippen LogP contribution in [-0.2, 0) is 6.42 Å². The molecule has 0 aliphatic heterocycles. The first-order valence-electron chi connectivity index (χ1n) is 7.02. The number of aromatic nitrogens is 1. The largest absolute Gasteiger partial charge is 0.388 e. The highest BCUT2D eigenvalue weighted by atomic mass is 35.5. The van der Waals surface area contributed by atoms with Gasteiger partial charge in [-0.3, -0.25) is 0 Å². The lowest BCUT2D eigenvalue weighted by Gasteiger charge is -2.34. The summed E-state index contributed by atoms with van der Waals surface area (Å²) in [4.78, 5) is 0. The molecule has 2 aromatic rings. The minimum absolute atomic E-state index is 0.111. The Labute approximate surface area is 125 Å². The monoisotopic (exact) mass is 289 g/mol. The fourth-order valence-electron chi connectivity index (χ4n) is 3.16. The van der Waals surface area contributed by atoms with E-state index in [1.807, 2.05) is 31.3 Å². The van der Waals surface area contributed by atoms with Gasteiger partial charge in [0.2, 0.25) is 0 Å². The molecular weight excluding hydrogens is 270 g/mol. The van der Waals surface area contributed by atoms with Crippen LogP contribution in [0.25, 0.3) is 5.69 Å². The van der Waals surface area contributed by atoms with Crippen LogP contribution in [0.3, 0.4) is 0 Å². The average Bonchev–Trinajstić information content (AvgIpc) is 2.71. The van der Waals surface area contributed by atoms with E-state index in [1.165, 1.54) is 5.69 Å². The second-order valence-corrected chi connectivity index (χ2v) is 7.01. The maximum absolute atomic E-state index is 10.3. The van der Waals surface area contributed by atoms with Crippen molar-refractivity contribution in [2.24, 2.45) is 5.41 Å². The van der Waals surface area contributed by atoms with E-state index in [9.17, 15) is 5.11 Å². The second-order valence-electron chi connectivity index (χ2n) is 6.60. The Kier molecular flexibility index (Phi) is 3.19. The van der Waals surface area contributed by atoms with Crippen molar-refractivity contribution < 1.29 is 5.11 Å². The number of aliphatic hydroxyl groups is 1. The first kappa shape index (κ1) is 13.7. The molecule has 1 aromatic carbocycles. The third-order valence-corrected chi connectivity index (χ3v) is 4.44. The molecule has 1 aliphatic carbocycles. The van der Waals surface area contributed by atoms with E-state index in [1.54, 1.807) is 0 Å². The summed E-state index contributed by atoms with van der Waals surface area (Å²) >= 11 is 6.39. The molecule has 0 amide bonds. The molecule has 2 nitrogen and oxygen atoms in total. The van der Waals surface area contributed by atoms with E-state index >= 15 is 0 Å². The summed E-state index contributed by atoms with van der Waals surface area (Å²) in [5, 5.41) is 11.1. The lowest BCUT2D eigenvalue weighted by molar-refractivity contribution is 0.0987. The molecule has 1 aliphatic rings. The van der Waals surface area contributed by atoms with Crippen LogP contribution >= 0.6 is 11.6 Å². The number of fused-ring (bicyclic) bond motifs is 1. The summed E-state index contributed by atoms with van der Waals surface area (Å²) in [6.07, 6.45) is 3.41. The number of hydrogen-bond acceptors (Lipinski definition) is 1. The summed E-state index contributed by atoms with van der Waals surface area (Å²) in [7, 11) is 0. The van der Waals surface area contributed by atoms with Gasteiger partial charge < -0.3 is 9.67 Å². The maximum atomic E-state index is 10.3. The van der Waals surface area contributed by atoms with Crippen molar-refractivity contribution in [3.63, 3.8) is 0 Å². The van der Waals surface area contributed by atoms with Gasteiger partial charge in [0.15, 0.2) is 0 Å². The summed E-state index contributed by atoms with van der Waals surface area (Å²) in [6, 6.07) is 8.11. The maximum Gasteiger partial charge on any atom is 0.0812 e. The highest BCUT2D eigenvalue weighted by molar-refractivity contribution is 6.32. The molecule has 1 heterocycles. The summed E-state index contributed by atoms with van der Waals surface area (Å²) in [5.41, 5.74) is 4.48. The molecule has 0 saturated carbocycles. The van der Waals surface area contributed by atoms with Crippen molar-refractivity contribution >= 4 is 11.6 Å². The van der Waals surface area contributed by atoms with E-state index in [-0.39, 0.29) is 11.5 Å². The number of rotatable bonds is 1. The first-order valence-corrected chi connectivity index (χ1v) is 7.40. The normalized spacial score (nSPS) is 20.8. The molecule has 3 heteroatoms. The molecule has 0 bridgehead atoms. The van der Waals surface area contributed by atoms with E-state index in [2.05, 4.69) is 24.5 Å². The van der Waals surface area contributed by atoms with Gasteiger partial charge >= 0.3 is 0 Å². The molecule has 3 rings (SSSR count). The number of aliphatic hydroxyl groups excluding tert-OH is 1. The molecule has 0 fully saturated rings. The standard InChI is InChI=1S/C17H20ClNO/c1-11-4-5-14(13(18)8-11)19-7-6-12-15(19)9-17(2,3)10-16(12)20/h4-8,16,20H,9-10H2,1-3H3. The lowest BCUT2D eigenvalue weighted by Crippen LogP contribution is -2.26. The Morgan fingerprint density at radius 1 is 1.30 bits per heavy atom. The van der Waals surface area contributed by atoms with Gasteiger partial charge in [-0.1, -0.05) is 31.5 Å². The third kappa shape index (κ3) is 2.27. The smallest absolute Gasteiger partial charge is 0.0812 e. The Bertz CT molecular complexity index is 657. The van der Waals surface area contributed by atoms with Crippen molar-refractivity contribution in [3.05, 3.63) is 52.3 Å². The van der Waals surface area contributed by atoms with E-state index in [4.69, 9.17) is 11.6 Å². The predicted molar refractivity (Wildman–Crippen MR) is 82.6 cm³/mol. The first-order chi connectivity index (χ1) is 9.37. The van der Waals surface area contributed by atoms with Gasteiger partial charge in [0.1, 0.15) is 0 Å². The van der Waals surface area contributed by atoms with Crippen LogP contribution in [0, 0.1) is 12.3 Å². The van der Waals surface area contributed by atoms with Crippen LogP contribution in [0.15, 0.2) is 30.5 Å². The molecule has 0 saturated heterocycles. The number of nitrogens with zero attached hydrogens (tertiary/aromatic N) is 1. The van der Waals surface area contributed by atoms with E-state index < -0.39 is 0 Å². The summed E-state index contributed by atoms with van der Waals surface area (Å²) < 4.78 is 2.13. The van der Waals surface area contributed by atoms with Crippen molar-refractivity contribution in [2.75, 3.05) is 0 Å². The molecule has 20 heavy (non-hydrogen) atoms. The van der Waals surface area contributed by atoms with Gasteiger partial charge in [0, 0.05) is 17.5 Å². The molecule has 1 unspecified atom stereocenters. The highest BCUT2D eigenvalue weighted by Crippen LogP contribution is 2.42. The quantitative estimate of drug-likeness (QED) is 0.824. The Balaban J connectivity index is 2.13. The zero-order valence-corrected chi connectivity index (χ0v) is 12.9. The Morgan fingerprint density at radius 3 is 2.75 bits per heavy atom. The van der Waals surface area contributed by atoms with Gasteiger partial charge in [-0.2, -0.15) is 0 Å². The number of hydrogen-bond donors (Lipinski definition) is 1. The minimum atomic E-state index is -0.376. The highest BCUT2D eigenvalue weighted by Gasteiger charge is 2.33. The van der Waals surface area contributed by atoms with Crippen molar-refractivity contribution in [2.45, 2.75) is 39.7 Å². The van der Waals surface area contributed by atoms with Gasteiger partial charge in [0.05, 0.1) is 16.8 Å². The van der Waals surface area contributed by atoms with Crippen molar-refractivity contribution in [1.29, 1.82) is 0 Å². The van der Waals surface area contributed by atoms with Crippen LogP contribution < -0.4 is 0 Å².